The molecule has 0 fully saturated rings. The summed E-state index contributed by atoms with van der Waals surface area (Å²) >= 11 is 0. The number of nitrogens with one attached hydrogen (secondary N) is 1. The number of anilines is 1. The Morgan fingerprint density at radius 1 is 1.14 bits per heavy atom. The molecule has 0 unspecified atom stereocenters. The molecule has 0 saturated heterocycles. The lowest BCUT2D eigenvalue weighted by molar-refractivity contribution is 0.148. The molecular weight excluding hydrogens is 174 g/mol. The molecule has 1 rings (SSSR count). The van der Waals surface area contributed by atoms with E-state index < -0.39 is 0 Å². The molecule has 0 aliphatic rings. The maximum atomic E-state index is 5.43. The van der Waals surface area contributed by atoms with Crippen molar-refractivity contribution in [2.45, 2.75) is 26.2 Å². The third kappa shape index (κ3) is 4.87. The van der Waals surface area contributed by atoms with Crippen LogP contribution in [0.4, 0.5) is 5.69 Å². The van der Waals surface area contributed by atoms with Crippen molar-refractivity contribution < 1.29 is 4.74 Å². The highest BCUT2D eigenvalue weighted by molar-refractivity contribution is 5.41. The van der Waals surface area contributed by atoms with Crippen molar-refractivity contribution in [2.75, 3.05) is 18.7 Å². The Hall–Kier alpha value is -1.02. The number of benzene rings is 1. The Balaban J connectivity index is 1.99. The molecule has 2 heteroatoms. The maximum Gasteiger partial charge on any atom is 0.116 e. The normalized spacial score (nSPS) is 10.1. The molecule has 78 valence electrons. The molecule has 0 atom stereocenters. The minimum Gasteiger partial charge on any atom is -0.363 e. The number of hydrogen-bond donors (Lipinski definition) is 1. The Morgan fingerprint density at radius 2 is 1.93 bits per heavy atom. The van der Waals surface area contributed by atoms with E-state index in [-0.39, 0.29) is 0 Å². The van der Waals surface area contributed by atoms with Gasteiger partial charge in [0.25, 0.3) is 0 Å². The van der Waals surface area contributed by atoms with Crippen molar-refractivity contribution in [1.82, 2.24) is 0 Å². The number of ether oxygens (including phenoxy) is 1. The monoisotopic (exact) mass is 193 g/mol. The summed E-state index contributed by atoms with van der Waals surface area (Å²) in [5.41, 5.74) is 1.11. The molecule has 2 nitrogen and oxygen atoms in total. The molecule has 1 aromatic rings. The lowest BCUT2D eigenvalue weighted by Crippen LogP contribution is -2.06. The van der Waals surface area contributed by atoms with E-state index in [0.717, 1.165) is 18.7 Å². The zero-order chi connectivity index (χ0) is 10.1. The molecule has 0 amide bonds. The molecule has 0 radical (unpaired) electrons. The molecule has 0 saturated carbocycles. The van der Waals surface area contributed by atoms with E-state index in [1.165, 1.54) is 12.8 Å². The minimum atomic E-state index is 0.605. The Kier molecular flexibility index (Phi) is 5.84. The molecule has 14 heavy (non-hydrogen) atoms. The van der Waals surface area contributed by atoms with E-state index in [4.69, 9.17) is 4.74 Å². The summed E-state index contributed by atoms with van der Waals surface area (Å²) in [6.45, 7) is 3.66. The standard InChI is InChI=1S/C12H19NO/c1-2-3-7-10-14-11-13-12-8-5-4-6-9-12/h4-6,8-9,13H,2-3,7,10-11H2,1H3. The van der Waals surface area contributed by atoms with Crippen LogP contribution in [0.25, 0.3) is 0 Å². The van der Waals surface area contributed by atoms with E-state index in [1.807, 2.05) is 30.3 Å². The molecule has 0 heterocycles. The number of para-hydroxylation sites is 1. The van der Waals surface area contributed by atoms with Gasteiger partial charge in [-0.25, -0.2) is 0 Å². The zero-order valence-corrected chi connectivity index (χ0v) is 8.83. The largest absolute Gasteiger partial charge is 0.363 e. The van der Waals surface area contributed by atoms with Gasteiger partial charge >= 0.3 is 0 Å². The zero-order valence-electron chi connectivity index (χ0n) is 8.83. The third-order valence-corrected chi connectivity index (χ3v) is 2.04. The number of hydrogen-bond acceptors (Lipinski definition) is 2. The highest BCUT2D eigenvalue weighted by atomic mass is 16.5. The van der Waals surface area contributed by atoms with Crippen LogP contribution in [0.3, 0.4) is 0 Å². The van der Waals surface area contributed by atoms with Gasteiger partial charge in [0.05, 0.1) is 0 Å². The van der Waals surface area contributed by atoms with Gasteiger partial charge in [0.1, 0.15) is 6.73 Å². The molecule has 0 aliphatic carbocycles. The van der Waals surface area contributed by atoms with Gasteiger partial charge in [0, 0.05) is 12.3 Å². The molecule has 1 N–H and O–H groups in total. The van der Waals surface area contributed by atoms with Gasteiger partial charge in [-0.2, -0.15) is 0 Å². The van der Waals surface area contributed by atoms with Crippen molar-refractivity contribution >= 4 is 5.69 Å². The SMILES string of the molecule is CCCCCOCNc1ccccc1. The van der Waals surface area contributed by atoms with Crippen LogP contribution in [-0.2, 0) is 4.74 Å². The van der Waals surface area contributed by atoms with Gasteiger partial charge in [-0.3, -0.25) is 0 Å². The third-order valence-electron chi connectivity index (χ3n) is 2.04. The predicted octanol–water partition coefficient (Wildman–Crippen LogP) is 3.26. The second kappa shape index (κ2) is 7.39. The fraction of sp³-hybridized carbons (Fsp3) is 0.500. The first-order chi connectivity index (χ1) is 6.93. The van der Waals surface area contributed by atoms with Crippen molar-refractivity contribution in [3.05, 3.63) is 30.3 Å². The Bertz CT molecular complexity index is 223. The summed E-state index contributed by atoms with van der Waals surface area (Å²) in [7, 11) is 0. The summed E-state index contributed by atoms with van der Waals surface area (Å²) in [5, 5.41) is 3.20. The van der Waals surface area contributed by atoms with E-state index in [1.54, 1.807) is 0 Å². The van der Waals surface area contributed by atoms with Crippen LogP contribution in [0.15, 0.2) is 30.3 Å². The average molecular weight is 193 g/mol. The lowest BCUT2D eigenvalue weighted by Gasteiger charge is -2.06. The smallest absolute Gasteiger partial charge is 0.116 e. The number of unbranched alkanes of at least 4 members (excludes halogenated alkanes) is 2. The van der Waals surface area contributed by atoms with Gasteiger partial charge < -0.3 is 10.1 Å². The van der Waals surface area contributed by atoms with Gasteiger partial charge in [-0.1, -0.05) is 38.0 Å². The van der Waals surface area contributed by atoms with Crippen LogP contribution in [0.5, 0.6) is 0 Å². The highest BCUT2D eigenvalue weighted by Crippen LogP contribution is 2.04. The van der Waals surface area contributed by atoms with Crippen molar-refractivity contribution in [1.29, 1.82) is 0 Å². The first-order valence-corrected chi connectivity index (χ1v) is 5.30. The molecule has 0 aliphatic heterocycles. The predicted molar refractivity (Wildman–Crippen MR) is 60.4 cm³/mol. The second-order valence-corrected chi connectivity index (χ2v) is 3.30. The quantitative estimate of drug-likeness (QED) is 0.530. The summed E-state index contributed by atoms with van der Waals surface area (Å²) in [6.07, 6.45) is 3.66. The fourth-order valence-electron chi connectivity index (χ4n) is 1.22. The van der Waals surface area contributed by atoms with Crippen LogP contribution < -0.4 is 5.32 Å². The first kappa shape index (κ1) is 11.1. The summed E-state index contributed by atoms with van der Waals surface area (Å²) in [4.78, 5) is 0. The van der Waals surface area contributed by atoms with Gasteiger partial charge in [0.15, 0.2) is 0 Å². The van der Waals surface area contributed by atoms with Gasteiger partial charge in [-0.05, 0) is 18.6 Å². The molecule has 0 aromatic heterocycles. The topological polar surface area (TPSA) is 21.3 Å². The average Bonchev–Trinajstić information content (AvgIpc) is 2.25. The van der Waals surface area contributed by atoms with E-state index in [2.05, 4.69) is 12.2 Å². The van der Waals surface area contributed by atoms with Crippen molar-refractivity contribution in [3.8, 4) is 0 Å². The van der Waals surface area contributed by atoms with Crippen LogP contribution in [-0.4, -0.2) is 13.3 Å². The summed E-state index contributed by atoms with van der Waals surface area (Å²) < 4.78 is 5.43. The number of rotatable bonds is 7. The molecule has 0 bridgehead atoms. The van der Waals surface area contributed by atoms with Gasteiger partial charge in [-0.15, -0.1) is 0 Å². The maximum absolute atomic E-state index is 5.43. The molecule has 1 aromatic carbocycles. The van der Waals surface area contributed by atoms with E-state index in [9.17, 15) is 0 Å². The van der Waals surface area contributed by atoms with Gasteiger partial charge in [0.2, 0.25) is 0 Å². The first-order valence-electron chi connectivity index (χ1n) is 5.30. The minimum absolute atomic E-state index is 0.605. The van der Waals surface area contributed by atoms with Crippen LogP contribution in [0.1, 0.15) is 26.2 Å². The van der Waals surface area contributed by atoms with Crippen molar-refractivity contribution in [2.24, 2.45) is 0 Å². The fourth-order valence-corrected chi connectivity index (χ4v) is 1.22. The highest BCUT2D eigenvalue weighted by Gasteiger charge is 1.89. The Labute approximate surface area is 86.3 Å². The Morgan fingerprint density at radius 3 is 2.64 bits per heavy atom. The summed E-state index contributed by atoms with van der Waals surface area (Å²) in [5.74, 6) is 0. The lowest BCUT2D eigenvalue weighted by atomic mass is 10.3. The van der Waals surface area contributed by atoms with Crippen LogP contribution in [0, 0.1) is 0 Å². The summed E-state index contributed by atoms with van der Waals surface area (Å²) in [6, 6.07) is 10.1. The van der Waals surface area contributed by atoms with Crippen molar-refractivity contribution in [3.63, 3.8) is 0 Å². The van der Waals surface area contributed by atoms with Crippen LogP contribution >= 0.6 is 0 Å². The second-order valence-electron chi connectivity index (χ2n) is 3.30. The molecule has 0 spiro atoms. The van der Waals surface area contributed by atoms with E-state index >= 15 is 0 Å². The van der Waals surface area contributed by atoms with Crippen LogP contribution in [0.2, 0.25) is 0 Å². The molecular formula is C12H19NO. The van der Waals surface area contributed by atoms with E-state index in [0.29, 0.717) is 6.73 Å².